The summed E-state index contributed by atoms with van der Waals surface area (Å²) >= 11 is 3.96. The van der Waals surface area contributed by atoms with Gasteiger partial charge >= 0.3 is 0 Å². The number of aryl methyl sites for hydroxylation is 1. The maximum absolute atomic E-state index is 9.05. The smallest absolute Gasteiger partial charge is 0.101 e. The predicted molar refractivity (Wildman–Crippen MR) is 68.6 cm³/mol. The van der Waals surface area contributed by atoms with Gasteiger partial charge in [0, 0.05) is 13.7 Å². The van der Waals surface area contributed by atoms with Crippen molar-refractivity contribution in [2.24, 2.45) is 0 Å². The van der Waals surface area contributed by atoms with E-state index in [4.69, 9.17) is 5.26 Å². The topological polar surface area (TPSA) is 23.8 Å². The van der Waals surface area contributed by atoms with Gasteiger partial charge in [-0.3, -0.25) is 0 Å². The molecule has 0 aliphatic carbocycles. The number of hydrogen-bond donors (Lipinski definition) is 0. The van der Waals surface area contributed by atoms with Gasteiger partial charge in [0.2, 0.25) is 0 Å². The highest BCUT2D eigenvalue weighted by Gasteiger charge is 2.09. The molecule has 0 aliphatic heterocycles. The highest BCUT2D eigenvalue weighted by atomic mass is 127. The molecule has 0 spiro atoms. The zero-order valence-corrected chi connectivity index (χ0v) is 10.6. The van der Waals surface area contributed by atoms with Gasteiger partial charge in [0.15, 0.2) is 0 Å². The molecular weight excluding hydrogens is 305 g/mol. The first-order valence-corrected chi connectivity index (χ1v) is 6.32. The Labute approximate surface area is 101 Å². The second-order valence-electron chi connectivity index (χ2n) is 3.02. The second kappa shape index (κ2) is 3.87. The summed E-state index contributed by atoms with van der Waals surface area (Å²) in [7, 11) is 0. The number of hydrogen-bond acceptors (Lipinski definition) is 2. The van der Waals surface area contributed by atoms with Gasteiger partial charge in [-0.2, -0.15) is 5.26 Å². The quantitative estimate of drug-likeness (QED) is 0.732. The number of halogens is 1. The molecular formula is C11H8INS. The predicted octanol–water partition coefficient (Wildman–Crippen LogP) is 3.94. The summed E-state index contributed by atoms with van der Waals surface area (Å²) in [6.07, 6.45) is 1.03. The van der Waals surface area contributed by atoms with Gasteiger partial charge in [-0.25, -0.2) is 0 Å². The van der Waals surface area contributed by atoms with Crippen molar-refractivity contribution < 1.29 is 0 Å². The third kappa shape index (κ3) is 1.43. The minimum Gasteiger partial charge on any atom is -0.192 e. The van der Waals surface area contributed by atoms with Gasteiger partial charge in [0.1, 0.15) is 6.07 Å². The van der Waals surface area contributed by atoms with Crippen LogP contribution in [0, 0.1) is 14.9 Å². The highest BCUT2D eigenvalue weighted by molar-refractivity contribution is 14.1. The standard InChI is InChI=1S/C11H8INS/c1-2-7-5-10(12)9(6-13)8-3-4-14-11(7)8/h3-5H,2H2,1H3. The van der Waals surface area contributed by atoms with Crippen LogP contribution in [0.4, 0.5) is 0 Å². The average Bonchev–Trinajstić information content (AvgIpc) is 2.65. The minimum absolute atomic E-state index is 0.819. The summed E-state index contributed by atoms with van der Waals surface area (Å²) in [4.78, 5) is 0. The molecule has 0 saturated heterocycles. The lowest BCUT2D eigenvalue weighted by Gasteiger charge is -2.03. The van der Waals surface area contributed by atoms with Crippen LogP contribution in [0.25, 0.3) is 10.1 Å². The molecule has 1 aromatic carbocycles. The fourth-order valence-corrected chi connectivity index (χ4v) is 3.33. The molecule has 1 heterocycles. The monoisotopic (exact) mass is 313 g/mol. The van der Waals surface area contributed by atoms with Crippen molar-refractivity contribution in [2.75, 3.05) is 0 Å². The SMILES string of the molecule is CCc1cc(I)c(C#N)c2ccsc12. The van der Waals surface area contributed by atoms with E-state index in [0.29, 0.717) is 0 Å². The van der Waals surface area contributed by atoms with Crippen LogP contribution in [0.5, 0.6) is 0 Å². The number of rotatable bonds is 1. The first-order chi connectivity index (χ1) is 6.77. The Hall–Kier alpha value is -0.600. The fraction of sp³-hybridized carbons (Fsp3) is 0.182. The normalized spacial score (nSPS) is 10.4. The van der Waals surface area contributed by atoms with Gasteiger partial charge in [0.05, 0.1) is 5.56 Å². The van der Waals surface area contributed by atoms with Crippen molar-refractivity contribution in [3.63, 3.8) is 0 Å². The second-order valence-corrected chi connectivity index (χ2v) is 5.10. The van der Waals surface area contributed by atoms with E-state index in [-0.39, 0.29) is 0 Å². The first-order valence-electron chi connectivity index (χ1n) is 4.36. The van der Waals surface area contributed by atoms with Gasteiger partial charge in [-0.05, 0) is 52.1 Å². The Morgan fingerprint density at radius 1 is 1.57 bits per heavy atom. The summed E-state index contributed by atoms with van der Waals surface area (Å²) in [6, 6.07) is 6.44. The van der Waals surface area contributed by atoms with Gasteiger partial charge in [-0.15, -0.1) is 11.3 Å². The minimum atomic E-state index is 0.819. The Morgan fingerprint density at radius 2 is 2.36 bits per heavy atom. The van der Waals surface area contributed by atoms with E-state index in [9.17, 15) is 0 Å². The number of fused-ring (bicyclic) bond motifs is 1. The largest absolute Gasteiger partial charge is 0.192 e. The molecule has 3 heteroatoms. The molecule has 0 atom stereocenters. The molecule has 1 nitrogen and oxygen atoms in total. The first kappa shape index (κ1) is 9.94. The Bertz CT molecular complexity index is 522. The van der Waals surface area contributed by atoms with E-state index in [1.165, 1.54) is 10.3 Å². The number of nitriles is 1. The van der Waals surface area contributed by atoms with Crippen molar-refractivity contribution in [1.29, 1.82) is 5.26 Å². The summed E-state index contributed by atoms with van der Waals surface area (Å²) in [6.45, 7) is 2.15. The van der Waals surface area contributed by atoms with E-state index < -0.39 is 0 Å². The number of thiophene rings is 1. The Morgan fingerprint density at radius 3 is 3.00 bits per heavy atom. The van der Waals surface area contributed by atoms with Crippen LogP contribution < -0.4 is 0 Å². The van der Waals surface area contributed by atoms with Crippen LogP contribution >= 0.6 is 33.9 Å². The van der Waals surface area contributed by atoms with Gasteiger partial charge in [0.25, 0.3) is 0 Å². The number of benzene rings is 1. The van der Waals surface area contributed by atoms with Crippen molar-refractivity contribution >= 4 is 44.0 Å². The average molecular weight is 313 g/mol. The maximum atomic E-state index is 9.05. The van der Waals surface area contributed by atoms with Crippen molar-refractivity contribution in [1.82, 2.24) is 0 Å². The zero-order valence-electron chi connectivity index (χ0n) is 7.67. The van der Waals surface area contributed by atoms with Crippen LogP contribution in [0.2, 0.25) is 0 Å². The van der Waals surface area contributed by atoms with Crippen LogP contribution in [0.1, 0.15) is 18.1 Å². The Balaban J connectivity index is 2.90. The van der Waals surface area contributed by atoms with Gasteiger partial charge in [-0.1, -0.05) is 6.92 Å². The molecule has 2 aromatic rings. The molecule has 0 bridgehead atoms. The van der Waals surface area contributed by atoms with Gasteiger partial charge < -0.3 is 0 Å². The lowest BCUT2D eigenvalue weighted by molar-refractivity contribution is 1.16. The van der Waals surface area contributed by atoms with E-state index in [1.807, 2.05) is 6.07 Å². The molecule has 1 aromatic heterocycles. The molecule has 0 saturated carbocycles. The Kier molecular flexibility index (Phi) is 2.75. The van der Waals surface area contributed by atoms with Crippen molar-refractivity contribution in [3.8, 4) is 6.07 Å². The highest BCUT2D eigenvalue weighted by Crippen LogP contribution is 2.31. The molecule has 0 fully saturated rings. The molecule has 70 valence electrons. The fourth-order valence-electron chi connectivity index (χ4n) is 1.55. The third-order valence-corrected chi connectivity index (χ3v) is 4.10. The van der Waals surface area contributed by atoms with E-state index >= 15 is 0 Å². The molecule has 0 radical (unpaired) electrons. The number of nitrogens with zero attached hydrogens (tertiary/aromatic N) is 1. The molecule has 14 heavy (non-hydrogen) atoms. The summed E-state index contributed by atoms with van der Waals surface area (Å²) < 4.78 is 2.33. The van der Waals surface area contributed by atoms with E-state index in [2.05, 4.69) is 47.0 Å². The summed E-state index contributed by atoms with van der Waals surface area (Å²) in [5, 5.41) is 12.2. The zero-order chi connectivity index (χ0) is 10.1. The molecule has 0 unspecified atom stereocenters. The van der Waals surface area contributed by atoms with E-state index in [0.717, 1.165) is 20.9 Å². The van der Waals surface area contributed by atoms with Crippen LogP contribution in [-0.2, 0) is 6.42 Å². The van der Waals surface area contributed by atoms with Crippen LogP contribution in [0.15, 0.2) is 17.5 Å². The van der Waals surface area contributed by atoms with Crippen LogP contribution in [0.3, 0.4) is 0 Å². The lowest BCUT2D eigenvalue weighted by atomic mass is 10.1. The summed E-state index contributed by atoms with van der Waals surface area (Å²) in [5.74, 6) is 0. The van der Waals surface area contributed by atoms with Crippen molar-refractivity contribution in [2.45, 2.75) is 13.3 Å². The molecule has 0 N–H and O–H groups in total. The lowest BCUT2D eigenvalue weighted by Crippen LogP contribution is -1.88. The third-order valence-electron chi connectivity index (χ3n) is 2.26. The summed E-state index contributed by atoms with van der Waals surface area (Å²) in [5.41, 5.74) is 2.16. The van der Waals surface area contributed by atoms with E-state index in [1.54, 1.807) is 11.3 Å². The molecule has 0 amide bonds. The molecule has 0 aliphatic rings. The molecule has 2 rings (SSSR count). The maximum Gasteiger partial charge on any atom is 0.101 e. The van der Waals surface area contributed by atoms with Crippen LogP contribution in [-0.4, -0.2) is 0 Å². The van der Waals surface area contributed by atoms with Crippen molar-refractivity contribution in [3.05, 3.63) is 32.2 Å².